The van der Waals surface area contributed by atoms with Crippen LogP contribution in [0.4, 0.5) is 5.69 Å². The lowest BCUT2D eigenvalue weighted by molar-refractivity contribution is -0.118. The first-order valence-electron chi connectivity index (χ1n) is 6.25. The Labute approximate surface area is 125 Å². The van der Waals surface area contributed by atoms with Crippen molar-refractivity contribution in [1.29, 1.82) is 0 Å². The Bertz CT molecular complexity index is 771. The second-order valence-electron chi connectivity index (χ2n) is 4.27. The maximum absolute atomic E-state index is 11.7. The molecule has 0 spiro atoms. The van der Waals surface area contributed by atoms with Crippen molar-refractivity contribution in [1.82, 2.24) is 4.98 Å². The van der Waals surface area contributed by atoms with E-state index in [4.69, 9.17) is 20.8 Å². The van der Waals surface area contributed by atoms with Gasteiger partial charge in [0.05, 0.1) is 5.02 Å². The molecule has 21 heavy (non-hydrogen) atoms. The van der Waals surface area contributed by atoms with E-state index >= 15 is 0 Å². The molecule has 0 fully saturated rings. The molecule has 0 aliphatic heterocycles. The number of carbonyl (C=O) groups is 1. The van der Waals surface area contributed by atoms with Gasteiger partial charge in [-0.05, 0) is 24.3 Å². The number of nitrogens with zero attached hydrogens (tertiary/aromatic N) is 1. The van der Waals surface area contributed by atoms with Gasteiger partial charge in [-0.3, -0.25) is 4.79 Å². The highest BCUT2D eigenvalue weighted by atomic mass is 35.5. The molecule has 3 aromatic rings. The van der Waals surface area contributed by atoms with Crippen molar-refractivity contribution >= 4 is 34.3 Å². The molecular weight excluding hydrogens is 292 g/mol. The minimum Gasteiger partial charge on any atom is -0.440 e. The van der Waals surface area contributed by atoms with Crippen LogP contribution >= 0.6 is 11.6 Å². The van der Waals surface area contributed by atoms with Crippen molar-refractivity contribution in [3.05, 3.63) is 53.6 Å². The lowest BCUT2D eigenvalue weighted by Crippen LogP contribution is -2.20. The molecule has 1 aromatic heterocycles. The van der Waals surface area contributed by atoms with E-state index in [1.165, 1.54) is 0 Å². The first-order chi connectivity index (χ1) is 10.2. The smallest absolute Gasteiger partial charge is 0.395 e. The molecule has 0 radical (unpaired) electrons. The maximum atomic E-state index is 11.7. The summed E-state index contributed by atoms with van der Waals surface area (Å²) in [5.41, 5.74) is 1.73. The summed E-state index contributed by atoms with van der Waals surface area (Å²) in [5, 5.41) is 3.15. The number of para-hydroxylation sites is 2. The summed E-state index contributed by atoms with van der Waals surface area (Å²) in [7, 11) is 0. The topological polar surface area (TPSA) is 64.4 Å². The molecule has 0 atom stereocenters. The van der Waals surface area contributed by atoms with E-state index in [2.05, 4.69) is 10.3 Å². The molecule has 3 rings (SSSR count). The summed E-state index contributed by atoms with van der Waals surface area (Å²) in [6.45, 7) is -0.195. The van der Waals surface area contributed by atoms with Crippen molar-refractivity contribution in [2.45, 2.75) is 0 Å². The number of oxazole rings is 1. The number of ether oxygens (including phenoxy) is 1. The van der Waals surface area contributed by atoms with Crippen molar-refractivity contribution in [2.24, 2.45) is 0 Å². The summed E-state index contributed by atoms with van der Waals surface area (Å²) >= 11 is 5.97. The Morgan fingerprint density at radius 2 is 2.00 bits per heavy atom. The van der Waals surface area contributed by atoms with Gasteiger partial charge in [-0.15, -0.1) is 0 Å². The number of rotatable bonds is 4. The number of amides is 1. The van der Waals surface area contributed by atoms with Crippen LogP contribution in [0.3, 0.4) is 0 Å². The van der Waals surface area contributed by atoms with Crippen LogP contribution in [-0.4, -0.2) is 17.5 Å². The Balaban J connectivity index is 1.64. The number of hydrogen-bond donors (Lipinski definition) is 1. The Morgan fingerprint density at radius 3 is 2.76 bits per heavy atom. The number of fused-ring (bicyclic) bond motifs is 1. The van der Waals surface area contributed by atoms with Gasteiger partial charge in [-0.1, -0.05) is 35.9 Å². The Morgan fingerprint density at radius 1 is 1.19 bits per heavy atom. The number of anilines is 1. The van der Waals surface area contributed by atoms with Gasteiger partial charge in [-0.2, -0.15) is 4.98 Å². The highest BCUT2D eigenvalue weighted by Crippen LogP contribution is 2.27. The quantitative estimate of drug-likeness (QED) is 0.801. The molecule has 0 bridgehead atoms. The third kappa shape index (κ3) is 3.14. The van der Waals surface area contributed by atoms with Gasteiger partial charge in [0, 0.05) is 5.69 Å². The van der Waals surface area contributed by atoms with Crippen LogP contribution in [0.1, 0.15) is 0 Å². The Hall–Kier alpha value is -2.53. The largest absolute Gasteiger partial charge is 0.440 e. The molecule has 106 valence electrons. The molecule has 1 amide bonds. The number of carbonyl (C=O) groups excluding carboxylic acids is 1. The lowest BCUT2D eigenvalue weighted by Gasteiger charge is -2.04. The molecule has 1 heterocycles. The zero-order chi connectivity index (χ0) is 14.7. The first kappa shape index (κ1) is 13.5. The zero-order valence-electron chi connectivity index (χ0n) is 10.9. The summed E-state index contributed by atoms with van der Waals surface area (Å²) in [5.74, 6) is -0.297. The molecule has 0 saturated heterocycles. The van der Waals surface area contributed by atoms with E-state index < -0.39 is 0 Å². The highest BCUT2D eigenvalue weighted by molar-refractivity contribution is 6.34. The summed E-state index contributed by atoms with van der Waals surface area (Å²) in [6, 6.07) is 14.3. The molecule has 0 saturated carbocycles. The minimum atomic E-state index is -0.297. The van der Waals surface area contributed by atoms with E-state index in [0.717, 1.165) is 0 Å². The fourth-order valence-electron chi connectivity index (χ4n) is 1.80. The molecule has 0 unspecified atom stereocenters. The van der Waals surface area contributed by atoms with Crippen LogP contribution in [0.5, 0.6) is 6.08 Å². The number of hydrogen-bond acceptors (Lipinski definition) is 4. The van der Waals surface area contributed by atoms with Gasteiger partial charge in [0.25, 0.3) is 5.91 Å². The van der Waals surface area contributed by atoms with Crippen LogP contribution in [0, 0.1) is 0 Å². The fraction of sp³-hybridized carbons (Fsp3) is 0.0667. The second-order valence-corrected chi connectivity index (χ2v) is 4.68. The third-order valence-corrected chi connectivity index (χ3v) is 3.03. The molecular formula is C15H11ClN2O3. The van der Waals surface area contributed by atoms with E-state index in [9.17, 15) is 4.79 Å². The summed E-state index contributed by atoms with van der Waals surface area (Å²) < 4.78 is 10.6. The predicted molar refractivity (Wildman–Crippen MR) is 79.6 cm³/mol. The molecule has 1 N–H and O–H groups in total. The van der Waals surface area contributed by atoms with Gasteiger partial charge in [0.2, 0.25) is 0 Å². The van der Waals surface area contributed by atoms with Gasteiger partial charge >= 0.3 is 6.08 Å². The summed E-state index contributed by atoms with van der Waals surface area (Å²) in [6.07, 6.45) is 0.0151. The van der Waals surface area contributed by atoms with Crippen molar-refractivity contribution < 1.29 is 13.9 Å². The Kier molecular flexibility index (Phi) is 3.75. The number of halogens is 1. The van der Waals surface area contributed by atoms with Gasteiger partial charge in [0.1, 0.15) is 5.52 Å². The van der Waals surface area contributed by atoms with E-state index in [1.54, 1.807) is 30.3 Å². The van der Waals surface area contributed by atoms with Crippen LogP contribution in [-0.2, 0) is 4.79 Å². The number of benzene rings is 2. The third-order valence-electron chi connectivity index (χ3n) is 2.73. The van der Waals surface area contributed by atoms with Crippen LogP contribution in [0.15, 0.2) is 52.9 Å². The van der Waals surface area contributed by atoms with Gasteiger partial charge in [0.15, 0.2) is 12.2 Å². The molecule has 2 aromatic carbocycles. The lowest BCUT2D eigenvalue weighted by atomic mass is 10.3. The van der Waals surface area contributed by atoms with Crippen LogP contribution in [0.2, 0.25) is 5.02 Å². The average Bonchev–Trinajstić information content (AvgIpc) is 2.91. The van der Waals surface area contributed by atoms with Crippen LogP contribution in [0.25, 0.3) is 11.1 Å². The average molecular weight is 303 g/mol. The number of nitrogens with one attached hydrogen (secondary N) is 1. The predicted octanol–water partition coefficient (Wildman–Crippen LogP) is 3.50. The fourth-order valence-corrected chi connectivity index (χ4v) is 2.01. The monoisotopic (exact) mass is 302 g/mol. The standard InChI is InChI=1S/C15H11ClN2O3/c16-11-7-4-8-12-14(11)21-15(18-12)20-9-13(19)17-10-5-2-1-3-6-10/h1-8H,9H2,(H,17,19). The molecule has 6 heteroatoms. The molecule has 0 aliphatic rings. The first-order valence-corrected chi connectivity index (χ1v) is 6.63. The van der Waals surface area contributed by atoms with Crippen molar-refractivity contribution in [3.63, 3.8) is 0 Å². The zero-order valence-corrected chi connectivity index (χ0v) is 11.6. The van der Waals surface area contributed by atoms with E-state index in [-0.39, 0.29) is 18.6 Å². The van der Waals surface area contributed by atoms with Crippen molar-refractivity contribution in [2.75, 3.05) is 11.9 Å². The summed E-state index contributed by atoms with van der Waals surface area (Å²) in [4.78, 5) is 15.8. The van der Waals surface area contributed by atoms with Gasteiger partial charge in [-0.25, -0.2) is 0 Å². The van der Waals surface area contributed by atoms with Crippen molar-refractivity contribution in [3.8, 4) is 6.08 Å². The number of aromatic nitrogens is 1. The van der Waals surface area contributed by atoms with Gasteiger partial charge < -0.3 is 14.5 Å². The molecule has 0 aliphatic carbocycles. The maximum Gasteiger partial charge on any atom is 0.395 e. The highest BCUT2D eigenvalue weighted by Gasteiger charge is 2.11. The second kappa shape index (κ2) is 5.85. The minimum absolute atomic E-state index is 0.0151. The normalized spacial score (nSPS) is 10.5. The van der Waals surface area contributed by atoms with Crippen LogP contribution < -0.4 is 10.1 Å². The molecule has 5 nitrogen and oxygen atoms in total. The van der Waals surface area contributed by atoms with E-state index in [1.807, 2.05) is 18.2 Å². The van der Waals surface area contributed by atoms with E-state index in [0.29, 0.717) is 21.8 Å². The SMILES string of the molecule is O=C(COc1nc2cccc(Cl)c2o1)Nc1ccccc1.